The molecule has 3 nitrogen and oxygen atoms in total. The zero-order valence-electron chi connectivity index (χ0n) is 10.4. The second kappa shape index (κ2) is 5.51. The SMILES string of the molecule is CC[C@H](C)N1CCN(Cc2ccco2)CC1. The highest BCUT2D eigenvalue weighted by atomic mass is 16.3. The van der Waals surface area contributed by atoms with Gasteiger partial charge in [0.05, 0.1) is 12.8 Å². The van der Waals surface area contributed by atoms with Crippen molar-refractivity contribution < 1.29 is 4.42 Å². The van der Waals surface area contributed by atoms with Crippen LogP contribution in [0.4, 0.5) is 0 Å². The third-order valence-electron chi connectivity index (χ3n) is 3.58. The van der Waals surface area contributed by atoms with Crippen LogP contribution >= 0.6 is 0 Å². The Labute approximate surface area is 98.0 Å². The largest absolute Gasteiger partial charge is 0.468 e. The second-order valence-corrected chi connectivity index (χ2v) is 4.65. The zero-order valence-corrected chi connectivity index (χ0v) is 10.4. The van der Waals surface area contributed by atoms with Crippen LogP contribution in [0.3, 0.4) is 0 Å². The number of piperazine rings is 1. The van der Waals surface area contributed by atoms with Crippen molar-refractivity contribution in [2.24, 2.45) is 0 Å². The van der Waals surface area contributed by atoms with Gasteiger partial charge in [0.2, 0.25) is 0 Å². The molecule has 0 saturated carbocycles. The van der Waals surface area contributed by atoms with Crippen molar-refractivity contribution in [3.63, 3.8) is 0 Å². The molecule has 90 valence electrons. The van der Waals surface area contributed by atoms with Crippen LogP contribution in [-0.4, -0.2) is 42.0 Å². The summed E-state index contributed by atoms with van der Waals surface area (Å²) in [6.07, 6.45) is 3.00. The van der Waals surface area contributed by atoms with Crippen LogP contribution in [0.5, 0.6) is 0 Å². The number of nitrogens with zero attached hydrogens (tertiary/aromatic N) is 2. The fraction of sp³-hybridized carbons (Fsp3) is 0.692. The lowest BCUT2D eigenvalue weighted by molar-refractivity contribution is 0.0920. The fourth-order valence-corrected chi connectivity index (χ4v) is 2.24. The van der Waals surface area contributed by atoms with E-state index in [2.05, 4.69) is 29.7 Å². The molecule has 2 rings (SSSR count). The molecule has 16 heavy (non-hydrogen) atoms. The Hall–Kier alpha value is -0.800. The van der Waals surface area contributed by atoms with Crippen LogP contribution in [0.15, 0.2) is 22.8 Å². The predicted octanol–water partition coefficient (Wildman–Crippen LogP) is 2.20. The maximum absolute atomic E-state index is 5.38. The summed E-state index contributed by atoms with van der Waals surface area (Å²) in [4.78, 5) is 5.05. The Bertz CT molecular complexity index is 289. The van der Waals surface area contributed by atoms with Crippen molar-refractivity contribution in [1.82, 2.24) is 9.80 Å². The van der Waals surface area contributed by atoms with Gasteiger partial charge in [0.1, 0.15) is 5.76 Å². The van der Waals surface area contributed by atoms with Crippen LogP contribution in [0.25, 0.3) is 0 Å². The molecule has 1 aromatic heterocycles. The van der Waals surface area contributed by atoms with Crippen LogP contribution in [-0.2, 0) is 6.54 Å². The molecule has 0 N–H and O–H groups in total. The van der Waals surface area contributed by atoms with E-state index in [1.165, 1.54) is 19.5 Å². The molecule has 1 saturated heterocycles. The fourth-order valence-electron chi connectivity index (χ4n) is 2.24. The lowest BCUT2D eigenvalue weighted by atomic mass is 10.2. The molecule has 2 heterocycles. The Balaban J connectivity index is 1.77. The van der Waals surface area contributed by atoms with Gasteiger partial charge >= 0.3 is 0 Å². The van der Waals surface area contributed by atoms with E-state index in [-0.39, 0.29) is 0 Å². The van der Waals surface area contributed by atoms with E-state index in [1.807, 2.05) is 6.07 Å². The van der Waals surface area contributed by atoms with Crippen molar-refractivity contribution >= 4 is 0 Å². The Kier molecular flexibility index (Phi) is 4.02. The molecule has 0 radical (unpaired) electrons. The quantitative estimate of drug-likeness (QED) is 0.778. The van der Waals surface area contributed by atoms with Gasteiger partial charge in [0.15, 0.2) is 0 Å². The molecule has 1 aliphatic heterocycles. The summed E-state index contributed by atoms with van der Waals surface area (Å²) in [7, 11) is 0. The van der Waals surface area contributed by atoms with Gasteiger partial charge in [-0.05, 0) is 25.5 Å². The van der Waals surface area contributed by atoms with Gasteiger partial charge < -0.3 is 4.42 Å². The van der Waals surface area contributed by atoms with Gasteiger partial charge in [-0.25, -0.2) is 0 Å². The molecule has 1 aliphatic rings. The molecule has 0 unspecified atom stereocenters. The molecule has 3 heteroatoms. The third-order valence-corrected chi connectivity index (χ3v) is 3.58. The molecule has 0 bridgehead atoms. The Morgan fingerprint density at radius 1 is 1.31 bits per heavy atom. The standard InChI is InChI=1S/C13H22N2O/c1-3-12(2)15-8-6-14(7-9-15)11-13-5-4-10-16-13/h4-5,10,12H,3,6-9,11H2,1-2H3/t12-/m0/s1. The van der Waals surface area contributed by atoms with Crippen molar-refractivity contribution in [1.29, 1.82) is 0 Å². The summed E-state index contributed by atoms with van der Waals surface area (Å²) < 4.78 is 5.38. The molecule has 0 aliphatic carbocycles. The lowest BCUT2D eigenvalue weighted by Crippen LogP contribution is -2.48. The van der Waals surface area contributed by atoms with E-state index in [4.69, 9.17) is 4.42 Å². The summed E-state index contributed by atoms with van der Waals surface area (Å²) in [5.74, 6) is 1.08. The van der Waals surface area contributed by atoms with Gasteiger partial charge in [0, 0.05) is 32.2 Å². The van der Waals surface area contributed by atoms with Crippen molar-refractivity contribution in [3.05, 3.63) is 24.2 Å². The molecule has 1 aromatic rings. The van der Waals surface area contributed by atoms with E-state index in [1.54, 1.807) is 6.26 Å². The van der Waals surface area contributed by atoms with E-state index in [0.717, 1.165) is 31.4 Å². The topological polar surface area (TPSA) is 19.6 Å². The van der Waals surface area contributed by atoms with Crippen molar-refractivity contribution in [3.8, 4) is 0 Å². The average molecular weight is 222 g/mol. The molecule has 1 fully saturated rings. The summed E-state index contributed by atoms with van der Waals surface area (Å²) in [5.41, 5.74) is 0. The first-order valence-corrected chi connectivity index (χ1v) is 6.28. The molecule has 0 aromatic carbocycles. The van der Waals surface area contributed by atoms with E-state index < -0.39 is 0 Å². The maximum atomic E-state index is 5.38. The number of hydrogen-bond donors (Lipinski definition) is 0. The first kappa shape index (κ1) is 11.7. The number of rotatable bonds is 4. The summed E-state index contributed by atoms with van der Waals surface area (Å²) in [6, 6.07) is 4.75. The van der Waals surface area contributed by atoms with Gasteiger partial charge in [0.25, 0.3) is 0 Å². The van der Waals surface area contributed by atoms with Crippen LogP contribution in [0.2, 0.25) is 0 Å². The summed E-state index contributed by atoms with van der Waals surface area (Å²) in [6.45, 7) is 10.2. The van der Waals surface area contributed by atoms with Crippen LogP contribution < -0.4 is 0 Å². The highest BCUT2D eigenvalue weighted by molar-refractivity contribution is 4.98. The van der Waals surface area contributed by atoms with Gasteiger partial charge in [-0.15, -0.1) is 0 Å². The maximum Gasteiger partial charge on any atom is 0.117 e. The first-order valence-electron chi connectivity index (χ1n) is 6.28. The van der Waals surface area contributed by atoms with Crippen molar-refractivity contribution in [2.75, 3.05) is 26.2 Å². The number of furan rings is 1. The zero-order chi connectivity index (χ0) is 11.4. The van der Waals surface area contributed by atoms with E-state index in [9.17, 15) is 0 Å². The molecular weight excluding hydrogens is 200 g/mol. The van der Waals surface area contributed by atoms with E-state index in [0.29, 0.717) is 0 Å². The van der Waals surface area contributed by atoms with Gasteiger partial charge in [-0.3, -0.25) is 9.80 Å². The minimum Gasteiger partial charge on any atom is -0.468 e. The Morgan fingerprint density at radius 3 is 2.62 bits per heavy atom. The van der Waals surface area contributed by atoms with E-state index >= 15 is 0 Å². The minimum absolute atomic E-state index is 0.728. The summed E-state index contributed by atoms with van der Waals surface area (Å²) >= 11 is 0. The highest BCUT2D eigenvalue weighted by Crippen LogP contribution is 2.11. The average Bonchev–Trinajstić information content (AvgIpc) is 2.82. The van der Waals surface area contributed by atoms with Gasteiger partial charge in [-0.1, -0.05) is 6.92 Å². The second-order valence-electron chi connectivity index (χ2n) is 4.65. The molecular formula is C13H22N2O. The van der Waals surface area contributed by atoms with Gasteiger partial charge in [-0.2, -0.15) is 0 Å². The highest BCUT2D eigenvalue weighted by Gasteiger charge is 2.20. The number of hydrogen-bond acceptors (Lipinski definition) is 3. The van der Waals surface area contributed by atoms with Crippen LogP contribution in [0, 0.1) is 0 Å². The minimum atomic E-state index is 0.728. The van der Waals surface area contributed by atoms with Crippen LogP contribution in [0.1, 0.15) is 26.0 Å². The smallest absolute Gasteiger partial charge is 0.117 e. The first-order chi connectivity index (χ1) is 7.79. The molecule has 1 atom stereocenters. The molecule has 0 spiro atoms. The molecule has 0 amide bonds. The Morgan fingerprint density at radius 2 is 2.06 bits per heavy atom. The lowest BCUT2D eigenvalue weighted by Gasteiger charge is -2.37. The third kappa shape index (κ3) is 2.86. The van der Waals surface area contributed by atoms with Crippen molar-refractivity contribution in [2.45, 2.75) is 32.9 Å². The predicted molar refractivity (Wildman–Crippen MR) is 65.3 cm³/mol. The normalized spacial score (nSPS) is 21.1. The summed E-state index contributed by atoms with van der Waals surface area (Å²) in [5, 5.41) is 0. The monoisotopic (exact) mass is 222 g/mol.